The normalized spacial score (nSPS) is 10.8. The van der Waals surface area contributed by atoms with Crippen molar-refractivity contribution in [3.63, 3.8) is 0 Å². The summed E-state index contributed by atoms with van der Waals surface area (Å²) in [6, 6.07) is 17.2. The summed E-state index contributed by atoms with van der Waals surface area (Å²) in [6.07, 6.45) is 0. The number of nitrogens with one attached hydrogen (secondary N) is 1. The summed E-state index contributed by atoms with van der Waals surface area (Å²) in [6.45, 7) is 0. The zero-order valence-corrected chi connectivity index (χ0v) is 16.8. The fourth-order valence-electron chi connectivity index (χ4n) is 3.19. The van der Waals surface area contributed by atoms with Gasteiger partial charge in [-0.15, -0.1) is 0 Å². The smallest absolute Gasteiger partial charge is 0.316 e. The highest BCUT2D eigenvalue weighted by Crippen LogP contribution is 2.33. The first-order chi connectivity index (χ1) is 14.8. The van der Waals surface area contributed by atoms with Crippen molar-refractivity contribution in [3.05, 3.63) is 98.8 Å². The van der Waals surface area contributed by atoms with Crippen LogP contribution >= 0.6 is 0 Å². The number of rotatable bonds is 4. The molecule has 4 rings (SSSR count). The summed E-state index contributed by atoms with van der Waals surface area (Å²) in [5, 5.41) is 2.75. The van der Waals surface area contributed by atoms with Crippen LogP contribution in [0.4, 0.5) is 10.1 Å². The average Bonchev–Trinajstić information content (AvgIpc) is 2.78. The van der Waals surface area contributed by atoms with E-state index < -0.39 is 22.8 Å². The number of aromatic nitrogens is 2. The fourth-order valence-corrected chi connectivity index (χ4v) is 3.19. The third-order valence-corrected chi connectivity index (χ3v) is 4.92. The highest BCUT2D eigenvalue weighted by atomic mass is 19.1. The van der Waals surface area contributed by atoms with Crippen LogP contribution in [0.25, 0.3) is 11.0 Å². The number of fused-ring (bicyclic) bond motifs is 1. The van der Waals surface area contributed by atoms with Crippen LogP contribution in [-0.4, -0.2) is 15.0 Å². The Morgan fingerprint density at radius 1 is 0.871 bits per heavy atom. The highest BCUT2D eigenvalue weighted by molar-refractivity contribution is 6.06. The molecule has 156 valence electrons. The lowest BCUT2D eigenvalue weighted by Gasteiger charge is -2.16. The number of anilines is 1. The maximum Gasteiger partial charge on any atom is 0.316 e. The van der Waals surface area contributed by atoms with Crippen LogP contribution in [0.5, 0.6) is 11.5 Å². The van der Waals surface area contributed by atoms with Crippen molar-refractivity contribution >= 4 is 22.6 Å². The van der Waals surface area contributed by atoms with E-state index >= 15 is 0 Å². The Balaban J connectivity index is 1.87. The number of hydrogen-bond donors (Lipinski definition) is 1. The number of aryl methyl sites for hydroxylation is 2. The van der Waals surface area contributed by atoms with Crippen molar-refractivity contribution in [2.75, 3.05) is 5.32 Å². The van der Waals surface area contributed by atoms with Crippen LogP contribution in [0.2, 0.25) is 0 Å². The minimum Gasteiger partial charge on any atom is -0.455 e. The van der Waals surface area contributed by atoms with Crippen LogP contribution in [-0.2, 0) is 14.1 Å². The first-order valence-corrected chi connectivity index (χ1v) is 9.39. The quantitative estimate of drug-likeness (QED) is 0.514. The van der Waals surface area contributed by atoms with Gasteiger partial charge in [-0.2, -0.15) is 0 Å². The molecule has 0 saturated carbocycles. The summed E-state index contributed by atoms with van der Waals surface area (Å²) in [5.41, 5.74) is 0.0619. The zero-order valence-electron chi connectivity index (χ0n) is 16.8. The summed E-state index contributed by atoms with van der Waals surface area (Å²) < 4.78 is 21.6. The molecule has 1 N–H and O–H groups in total. The van der Waals surface area contributed by atoms with Gasteiger partial charge in [0.05, 0.1) is 16.7 Å². The van der Waals surface area contributed by atoms with Gasteiger partial charge in [0.2, 0.25) is 0 Å². The third kappa shape index (κ3) is 3.83. The number of benzene rings is 3. The molecule has 1 amide bonds. The number of nitrogens with zero attached hydrogens (tertiary/aromatic N) is 2. The summed E-state index contributed by atoms with van der Waals surface area (Å²) in [5.74, 6) is -0.130. The van der Waals surface area contributed by atoms with E-state index in [1.54, 1.807) is 36.4 Å². The summed E-state index contributed by atoms with van der Waals surface area (Å²) >= 11 is 0. The molecule has 4 aromatic rings. The third-order valence-electron chi connectivity index (χ3n) is 4.92. The SMILES string of the molecule is Cn1c(=O)c(=O)n(C)c2cc(Oc3ccccc3)c(NC(=O)c3ccc(F)cc3)cc21. The second-order valence-electron chi connectivity index (χ2n) is 6.94. The van der Waals surface area contributed by atoms with E-state index in [4.69, 9.17) is 4.74 Å². The van der Waals surface area contributed by atoms with Crippen LogP contribution in [0, 0.1) is 5.82 Å². The van der Waals surface area contributed by atoms with E-state index in [0.29, 0.717) is 22.5 Å². The largest absolute Gasteiger partial charge is 0.455 e. The van der Waals surface area contributed by atoms with E-state index in [2.05, 4.69) is 5.32 Å². The van der Waals surface area contributed by atoms with Gasteiger partial charge < -0.3 is 19.2 Å². The molecule has 8 heteroatoms. The molecule has 0 spiro atoms. The Hall–Kier alpha value is -4.20. The minimum absolute atomic E-state index is 0.251. The summed E-state index contributed by atoms with van der Waals surface area (Å²) in [7, 11) is 2.98. The Bertz CT molecular complexity index is 1410. The van der Waals surface area contributed by atoms with E-state index in [1.807, 2.05) is 6.07 Å². The maximum atomic E-state index is 13.2. The topological polar surface area (TPSA) is 82.3 Å². The molecule has 0 aliphatic carbocycles. The monoisotopic (exact) mass is 419 g/mol. The van der Waals surface area contributed by atoms with Crippen molar-refractivity contribution in [3.8, 4) is 11.5 Å². The van der Waals surface area contributed by atoms with Crippen molar-refractivity contribution in [1.29, 1.82) is 0 Å². The molecule has 0 aliphatic heterocycles. The Labute approximate surface area is 175 Å². The fraction of sp³-hybridized carbons (Fsp3) is 0.0870. The van der Waals surface area contributed by atoms with Crippen molar-refractivity contribution < 1.29 is 13.9 Å². The Kier molecular flexibility index (Phi) is 5.12. The highest BCUT2D eigenvalue weighted by Gasteiger charge is 2.16. The minimum atomic E-state index is -0.692. The van der Waals surface area contributed by atoms with Crippen LogP contribution in [0.15, 0.2) is 76.3 Å². The van der Waals surface area contributed by atoms with Gasteiger partial charge in [-0.05, 0) is 42.5 Å². The molecule has 0 fully saturated rings. The standard InChI is InChI=1S/C23H18FN3O4/c1-26-18-12-17(25-21(28)14-8-10-15(24)11-9-14)20(31-16-6-4-3-5-7-16)13-19(18)27(2)23(30)22(26)29/h3-13H,1-2H3,(H,25,28). The lowest BCUT2D eigenvalue weighted by Crippen LogP contribution is -2.39. The van der Waals surface area contributed by atoms with Crippen molar-refractivity contribution in [2.24, 2.45) is 14.1 Å². The number of hydrogen-bond acceptors (Lipinski definition) is 4. The van der Waals surface area contributed by atoms with Gasteiger partial charge in [0, 0.05) is 25.7 Å². The van der Waals surface area contributed by atoms with Gasteiger partial charge in [0.15, 0.2) is 5.75 Å². The van der Waals surface area contributed by atoms with E-state index in [-0.39, 0.29) is 11.3 Å². The molecule has 1 heterocycles. The number of carbonyl (C=O) groups excluding carboxylic acids is 1. The number of halogens is 1. The van der Waals surface area contributed by atoms with Crippen molar-refractivity contribution in [2.45, 2.75) is 0 Å². The molecular weight excluding hydrogens is 401 g/mol. The first-order valence-electron chi connectivity index (χ1n) is 9.39. The molecule has 7 nitrogen and oxygen atoms in total. The molecule has 0 unspecified atom stereocenters. The summed E-state index contributed by atoms with van der Waals surface area (Å²) in [4.78, 5) is 37.2. The zero-order chi connectivity index (χ0) is 22.1. The predicted molar refractivity (Wildman–Crippen MR) is 115 cm³/mol. The number of carbonyl (C=O) groups is 1. The van der Waals surface area contributed by atoms with Crippen LogP contribution in [0.3, 0.4) is 0 Å². The van der Waals surface area contributed by atoms with E-state index in [0.717, 1.165) is 0 Å². The lowest BCUT2D eigenvalue weighted by atomic mass is 10.2. The van der Waals surface area contributed by atoms with Gasteiger partial charge >= 0.3 is 11.1 Å². The Morgan fingerprint density at radius 2 is 1.45 bits per heavy atom. The van der Waals surface area contributed by atoms with Gasteiger partial charge in [-0.1, -0.05) is 18.2 Å². The number of para-hydroxylation sites is 1. The molecule has 1 aromatic heterocycles. The Morgan fingerprint density at radius 3 is 2.06 bits per heavy atom. The van der Waals surface area contributed by atoms with Crippen LogP contribution < -0.4 is 21.2 Å². The molecular formula is C23H18FN3O4. The van der Waals surface area contributed by atoms with E-state index in [9.17, 15) is 18.8 Å². The molecule has 0 bridgehead atoms. The maximum absolute atomic E-state index is 13.2. The lowest BCUT2D eigenvalue weighted by molar-refractivity contribution is 0.102. The average molecular weight is 419 g/mol. The van der Waals surface area contributed by atoms with Gasteiger partial charge in [0.25, 0.3) is 5.91 Å². The van der Waals surface area contributed by atoms with Crippen LogP contribution in [0.1, 0.15) is 10.4 Å². The second-order valence-corrected chi connectivity index (χ2v) is 6.94. The van der Waals surface area contributed by atoms with Crippen molar-refractivity contribution in [1.82, 2.24) is 9.13 Å². The molecule has 0 atom stereocenters. The number of amides is 1. The molecule has 0 radical (unpaired) electrons. The first kappa shape index (κ1) is 20.1. The van der Waals surface area contributed by atoms with E-state index in [1.165, 1.54) is 47.5 Å². The molecule has 3 aromatic carbocycles. The molecule has 31 heavy (non-hydrogen) atoms. The molecule has 0 saturated heterocycles. The van der Waals surface area contributed by atoms with Gasteiger partial charge in [0.1, 0.15) is 11.6 Å². The predicted octanol–water partition coefficient (Wildman–Crippen LogP) is 3.42. The molecule has 0 aliphatic rings. The van der Waals surface area contributed by atoms with Gasteiger partial charge in [-0.25, -0.2) is 4.39 Å². The second kappa shape index (κ2) is 7.91. The number of ether oxygens (including phenoxy) is 1. The van der Waals surface area contributed by atoms with Gasteiger partial charge in [-0.3, -0.25) is 14.4 Å².